The SMILES string of the molecule is Nc1nc(Cl)nc2c1nc(Br)n2[C@@H]1O[C@H](CO)C[C@H]1O. The standard InChI is InChI=1S/C10H11BrClN5O3/c11-9-14-5-6(13)15-10(12)16-7(5)17(9)8-4(19)1-3(2-18)20-8/h3-4,8,18-19H,1-2H2,(H2,13,15,16)/t3-,4+,8+/m0/s1. The van der Waals surface area contributed by atoms with Crippen LogP contribution < -0.4 is 5.73 Å². The smallest absolute Gasteiger partial charge is 0.226 e. The Morgan fingerprint density at radius 3 is 2.85 bits per heavy atom. The molecule has 0 saturated carbocycles. The maximum atomic E-state index is 10.1. The Hall–Kier alpha value is -1.00. The van der Waals surface area contributed by atoms with Crippen LogP contribution >= 0.6 is 27.5 Å². The topological polar surface area (TPSA) is 119 Å². The molecule has 2 aromatic heterocycles. The first-order valence-electron chi connectivity index (χ1n) is 5.82. The minimum atomic E-state index is -0.796. The lowest BCUT2D eigenvalue weighted by atomic mass is 10.2. The van der Waals surface area contributed by atoms with Crippen LogP contribution in [0.25, 0.3) is 11.2 Å². The van der Waals surface area contributed by atoms with Crippen molar-refractivity contribution in [2.45, 2.75) is 24.9 Å². The lowest BCUT2D eigenvalue weighted by Gasteiger charge is -2.17. The third-order valence-electron chi connectivity index (χ3n) is 3.12. The van der Waals surface area contributed by atoms with E-state index in [9.17, 15) is 5.11 Å². The molecule has 3 heterocycles. The molecule has 20 heavy (non-hydrogen) atoms. The van der Waals surface area contributed by atoms with E-state index < -0.39 is 18.4 Å². The van der Waals surface area contributed by atoms with E-state index in [4.69, 9.17) is 27.2 Å². The van der Waals surface area contributed by atoms with Gasteiger partial charge in [0.25, 0.3) is 0 Å². The molecule has 0 radical (unpaired) electrons. The van der Waals surface area contributed by atoms with Gasteiger partial charge >= 0.3 is 0 Å². The van der Waals surface area contributed by atoms with E-state index in [1.165, 1.54) is 0 Å². The van der Waals surface area contributed by atoms with Crippen LogP contribution in [0.2, 0.25) is 5.28 Å². The fourth-order valence-corrected chi connectivity index (χ4v) is 2.96. The second-order valence-electron chi connectivity index (χ2n) is 4.44. The van der Waals surface area contributed by atoms with Crippen LogP contribution in [0.1, 0.15) is 12.6 Å². The van der Waals surface area contributed by atoms with Gasteiger partial charge in [-0.2, -0.15) is 9.97 Å². The van der Waals surface area contributed by atoms with Crippen LogP contribution in [0, 0.1) is 0 Å². The third-order valence-corrected chi connectivity index (χ3v) is 3.85. The van der Waals surface area contributed by atoms with Crippen molar-refractivity contribution in [2.24, 2.45) is 0 Å². The monoisotopic (exact) mass is 363 g/mol. The number of hydrogen-bond donors (Lipinski definition) is 3. The Labute approximate surface area is 126 Å². The van der Waals surface area contributed by atoms with Gasteiger partial charge in [-0.15, -0.1) is 0 Å². The van der Waals surface area contributed by atoms with E-state index >= 15 is 0 Å². The predicted octanol–water partition coefficient (Wildman–Crippen LogP) is 0.465. The number of nitrogen functional groups attached to an aromatic ring is 1. The third kappa shape index (κ3) is 2.15. The van der Waals surface area contributed by atoms with Gasteiger partial charge in [-0.1, -0.05) is 0 Å². The van der Waals surface area contributed by atoms with Crippen molar-refractivity contribution in [3.8, 4) is 0 Å². The molecule has 0 aliphatic carbocycles. The van der Waals surface area contributed by atoms with Crippen molar-refractivity contribution in [3.05, 3.63) is 10.0 Å². The first kappa shape index (κ1) is 14.0. The molecule has 1 aliphatic rings. The van der Waals surface area contributed by atoms with Crippen molar-refractivity contribution in [1.29, 1.82) is 0 Å². The Morgan fingerprint density at radius 2 is 2.20 bits per heavy atom. The molecule has 0 bridgehead atoms. The van der Waals surface area contributed by atoms with E-state index in [0.29, 0.717) is 22.3 Å². The molecular formula is C10H11BrClN5O3. The minimum Gasteiger partial charge on any atom is -0.394 e. The molecule has 0 aromatic carbocycles. The number of ether oxygens (including phenoxy) is 1. The predicted molar refractivity (Wildman–Crippen MR) is 74.1 cm³/mol. The summed E-state index contributed by atoms with van der Waals surface area (Å²) < 4.78 is 7.51. The summed E-state index contributed by atoms with van der Waals surface area (Å²) in [5.74, 6) is 0.144. The molecule has 0 unspecified atom stereocenters. The zero-order valence-electron chi connectivity index (χ0n) is 10.1. The number of aliphatic hydroxyl groups is 2. The number of aliphatic hydroxyl groups excluding tert-OH is 2. The summed E-state index contributed by atoms with van der Waals surface area (Å²) in [5.41, 5.74) is 6.47. The zero-order valence-corrected chi connectivity index (χ0v) is 12.4. The highest BCUT2D eigenvalue weighted by molar-refractivity contribution is 9.10. The van der Waals surface area contributed by atoms with Gasteiger partial charge in [0.2, 0.25) is 5.28 Å². The molecule has 1 aliphatic heterocycles. The van der Waals surface area contributed by atoms with E-state index in [2.05, 4.69) is 30.9 Å². The lowest BCUT2D eigenvalue weighted by molar-refractivity contribution is -0.0498. The van der Waals surface area contributed by atoms with Crippen molar-refractivity contribution < 1.29 is 14.9 Å². The molecule has 10 heteroatoms. The quantitative estimate of drug-likeness (QED) is 0.523. The van der Waals surface area contributed by atoms with Crippen molar-refractivity contribution >= 4 is 44.5 Å². The number of fused-ring (bicyclic) bond motifs is 1. The largest absolute Gasteiger partial charge is 0.394 e. The summed E-state index contributed by atoms with van der Waals surface area (Å²) in [6, 6.07) is 0. The summed E-state index contributed by atoms with van der Waals surface area (Å²) in [4.78, 5) is 12.1. The van der Waals surface area contributed by atoms with Crippen LogP contribution in [-0.2, 0) is 4.74 Å². The van der Waals surface area contributed by atoms with Crippen LogP contribution in [0.5, 0.6) is 0 Å². The average Bonchev–Trinajstić information content (AvgIpc) is 2.89. The Balaban J connectivity index is 2.14. The number of anilines is 1. The molecule has 1 fully saturated rings. The summed E-state index contributed by atoms with van der Waals surface area (Å²) in [5, 5.41) is 19.2. The number of halogens is 2. The molecule has 8 nitrogen and oxygen atoms in total. The van der Waals surface area contributed by atoms with E-state index in [-0.39, 0.29) is 17.7 Å². The van der Waals surface area contributed by atoms with E-state index in [1.54, 1.807) is 4.57 Å². The highest BCUT2D eigenvalue weighted by Gasteiger charge is 2.37. The van der Waals surface area contributed by atoms with Gasteiger partial charge in [-0.3, -0.25) is 4.57 Å². The number of rotatable bonds is 2. The van der Waals surface area contributed by atoms with Crippen LogP contribution in [0.4, 0.5) is 5.82 Å². The minimum absolute atomic E-state index is 0.0187. The van der Waals surface area contributed by atoms with Gasteiger partial charge in [0.15, 0.2) is 27.9 Å². The number of nitrogens with two attached hydrogens (primary N) is 1. The van der Waals surface area contributed by atoms with Crippen molar-refractivity contribution in [1.82, 2.24) is 19.5 Å². The number of hydrogen-bond acceptors (Lipinski definition) is 7. The summed E-state index contributed by atoms with van der Waals surface area (Å²) >= 11 is 9.08. The Morgan fingerprint density at radius 1 is 1.45 bits per heavy atom. The normalized spacial score (nSPS) is 26.5. The van der Waals surface area contributed by atoms with Gasteiger partial charge in [0.05, 0.1) is 12.7 Å². The van der Waals surface area contributed by atoms with Gasteiger partial charge in [-0.05, 0) is 27.5 Å². The molecular weight excluding hydrogens is 353 g/mol. The first-order chi connectivity index (χ1) is 9.51. The maximum absolute atomic E-state index is 10.1. The maximum Gasteiger partial charge on any atom is 0.226 e. The Kier molecular flexibility index (Phi) is 3.55. The summed E-state index contributed by atoms with van der Waals surface area (Å²) in [6.07, 6.45) is -1.64. The van der Waals surface area contributed by atoms with Gasteiger partial charge in [-0.25, -0.2) is 4.98 Å². The Bertz CT molecular complexity index is 666. The van der Waals surface area contributed by atoms with Gasteiger partial charge < -0.3 is 20.7 Å². The second kappa shape index (κ2) is 5.08. The molecule has 108 valence electrons. The second-order valence-corrected chi connectivity index (χ2v) is 5.48. The van der Waals surface area contributed by atoms with Gasteiger partial charge in [0, 0.05) is 6.42 Å². The fraction of sp³-hybridized carbons (Fsp3) is 0.500. The molecule has 3 rings (SSSR count). The van der Waals surface area contributed by atoms with Gasteiger partial charge in [0.1, 0.15) is 6.10 Å². The van der Waals surface area contributed by atoms with Crippen LogP contribution in [0.3, 0.4) is 0 Å². The van der Waals surface area contributed by atoms with E-state index in [0.717, 1.165) is 0 Å². The molecule has 4 N–H and O–H groups in total. The lowest BCUT2D eigenvalue weighted by Crippen LogP contribution is -2.20. The fourth-order valence-electron chi connectivity index (χ4n) is 2.25. The first-order valence-corrected chi connectivity index (χ1v) is 6.99. The number of aromatic nitrogens is 4. The van der Waals surface area contributed by atoms with Crippen molar-refractivity contribution in [2.75, 3.05) is 12.3 Å². The average molecular weight is 365 g/mol. The van der Waals surface area contributed by atoms with Crippen LogP contribution in [-0.4, -0.2) is 48.5 Å². The highest BCUT2D eigenvalue weighted by Crippen LogP contribution is 2.35. The molecule has 0 amide bonds. The molecule has 1 saturated heterocycles. The highest BCUT2D eigenvalue weighted by atomic mass is 79.9. The zero-order chi connectivity index (χ0) is 14.4. The molecule has 3 atom stereocenters. The summed E-state index contributed by atoms with van der Waals surface area (Å²) in [6.45, 7) is -0.171. The molecule has 0 spiro atoms. The number of imidazole rings is 1. The van der Waals surface area contributed by atoms with E-state index in [1.807, 2.05) is 0 Å². The van der Waals surface area contributed by atoms with Crippen LogP contribution in [0.15, 0.2) is 4.73 Å². The summed E-state index contributed by atoms with van der Waals surface area (Å²) in [7, 11) is 0. The number of nitrogens with zero attached hydrogens (tertiary/aromatic N) is 4. The molecule has 2 aromatic rings. The van der Waals surface area contributed by atoms with Crippen molar-refractivity contribution in [3.63, 3.8) is 0 Å².